The first-order valence-electron chi connectivity index (χ1n) is 7.17. The molecular formula is C15H15ClN4O5S. The lowest BCUT2D eigenvalue weighted by Gasteiger charge is -2.11. The number of ether oxygens (including phenoxy) is 1. The average molecular weight is 399 g/mol. The van der Waals surface area contributed by atoms with Crippen LogP contribution in [0.1, 0.15) is 21.7 Å². The van der Waals surface area contributed by atoms with Crippen molar-refractivity contribution in [3.63, 3.8) is 0 Å². The number of aromatic nitrogens is 2. The minimum absolute atomic E-state index is 0.113. The van der Waals surface area contributed by atoms with Crippen molar-refractivity contribution in [1.29, 1.82) is 0 Å². The fraction of sp³-hybridized carbons (Fsp3) is 0.200. The number of halogens is 1. The Kier molecular flexibility index (Phi) is 5.78. The van der Waals surface area contributed by atoms with Gasteiger partial charge in [-0.1, -0.05) is 23.7 Å². The maximum Gasteiger partial charge on any atom is 0.339 e. The van der Waals surface area contributed by atoms with Crippen molar-refractivity contribution in [2.24, 2.45) is 0 Å². The highest BCUT2D eigenvalue weighted by Gasteiger charge is 2.25. The molecule has 0 unspecified atom stereocenters. The Morgan fingerprint density at radius 2 is 1.69 bits per heavy atom. The van der Waals surface area contributed by atoms with Gasteiger partial charge < -0.3 is 4.74 Å². The Hall–Kier alpha value is -2.72. The first-order chi connectivity index (χ1) is 12.2. The zero-order valence-electron chi connectivity index (χ0n) is 14.0. The van der Waals surface area contributed by atoms with E-state index in [2.05, 4.69) is 20.0 Å². The fourth-order valence-corrected chi connectivity index (χ4v) is 3.23. The summed E-state index contributed by atoms with van der Waals surface area (Å²) in [5.41, 5.74) is 0.645. The molecule has 0 aliphatic heterocycles. The van der Waals surface area contributed by atoms with E-state index < -0.39 is 26.9 Å². The van der Waals surface area contributed by atoms with Gasteiger partial charge in [-0.05, 0) is 26.0 Å². The van der Waals surface area contributed by atoms with Gasteiger partial charge in [-0.3, -0.25) is 5.32 Å². The second-order valence-electron chi connectivity index (χ2n) is 5.08. The Balaban J connectivity index is 2.25. The highest BCUT2D eigenvalue weighted by Crippen LogP contribution is 2.19. The van der Waals surface area contributed by atoms with Crippen LogP contribution in [0.4, 0.5) is 10.7 Å². The van der Waals surface area contributed by atoms with Gasteiger partial charge in [0.05, 0.1) is 29.1 Å². The summed E-state index contributed by atoms with van der Waals surface area (Å²) in [4.78, 5) is 31.3. The van der Waals surface area contributed by atoms with E-state index in [0.29, 0.717) is 16.4 Å². The second-order valence-corrected chi connectivity index (χ2v) is 7.11. The number of hydrogen-bond acceptors (Lipinski definition) is 7. The van der Waals surface area contributed by atoms with Gasteiger partial charge in [-0.2, -0.15) is 0 Å². The Bertz CT molecular complexity index is 955. The number of esters is 1. The van der Waals surface area contributed by atoms with Gasteiger partial charge in [0.25, 0.3) is 10.0 Å². The zero-order chi connectivity index (χ0) is 19.5. The molecule has 2 amide bonds. The van der Waals surface area contributed by atoms with E-state index in [1.54, 1.807) is 18.6 Å². The zero-order valence-corrected chi connectivity index (χ0v) is 15.6. The van der Waals surface area contributed by atoms with Crippen LogP contribution in [0.25, 0.3) is 0 Å². The number of nitrogens with one attached hydrogen (secondary N) is 2. The molecule has 1 aromatic heterocycles. The lowest BCUT2D eigenvalue weighted by atomic mass is 10.2. The number of carbonyl (C=O) groups excluding carboxylic acids is 2. The molecule has 2 N–H and O–H groups in total. The maximum absolute atomic E-state index is 12.4. The van der Waals surface area contributed by atoms with Gasteiger partial charge >= 0.3 is 12.0 Å². The smallest absolute Gasteiger partial charge is 0.339 e. The summed E-state index contributed by atoms with van der Waals surface area (Å²) >= 11 is 5.94. The molecule has 138 valence electrons. The highest BCUT2D eigenvalue weighted by atomic mass is 35.5. The van der Waals surface area contributed by atoms with Gasteiger partial charge in [-0.25, -0.2) is 32.7 Å². The molecule has 0 atom stereocenters. The number of rotatable bonds is 4. The third-order valence-electron chi connectivity index (χ3n) is 3.22. The summed E-state index contributed by atoms with van der Waals surface area (Å²) in [6, 6.07) is 4.24. The third kappa shape index (κ3) is 4.27. The van der Waals surface area contributed by atoms with E-state index in [0.717, 1.165) is 7.11 Å². The fourth-order valence-electron chi connectivity index (χ4n) is 2.04. The number of methoxy groups -OCH3 is 1. The molecule has 0 saturated heterocycles. The number of sulfonamides is 1. The number of anilines is 1. The minimum Gasteiger partial charge on any atom is -0.465 e. The van der Waals surface area contributed by atoms with E-state index >= 15 is 0 Å². The number of urea groups is 1. The van der Waals surface area contributed by atoms with Crippen molar-refractivity contribution in [2.75, 3.05) is 12.4 Å². The number of aryl methyl sites for hydroxylation is 2. The van der Waals surface area contributed by atoms with Crippen LogP contribution in [-0.4, -0.2) is 37.5 Å². The summed E-state index contributed by atoms with van der Waals surface area (Å²) in [5, 5.41) is 2.56. The molecule has 9 nitrogen and oxygen atoms in total. The Morgan fingerprint density at radius 3 is 2.27 bits per heavy atom. The number of benzene rings is 1. The van der Waals surface area contributed by atoms with Crippen molar-refractivity contribution < 1.29 is 22.7 Å². The molecular weight excluding hydrogens is 384 g/mol. The monoisotopic (exact) mass is 398 g/mol. The molecule has 0 spiro atoms. The van der Waals surface area contributed by atoms with Crippen molar-refractivity contribution in [1.82, 2.24) is 14.7 Å². The van der Waals surface area contributed by atoms with Crippen LogP contribution in [0, 0.1) is 13.8 Å². The van der Waals surface area contributed by atoms with Crippen LogP contribution in [0.2, 0.25) is 5.02 Å². The summed E-state index contributed by atoms with van der Waals surface area (Å²) in [6.45, 7) is 3.23. The highest BCUT2D eigenvalue weighted by molar-refractivity contribution is 7.90. The normalized spacial score (nSPS) is 10.9. The van der Waals surface area contributed by atoms with E-state index in [-0.39, 0.29) is 11.5 Å². The average Bonchev–Trinajstić information content (AvgIpc) is 2.58. The Morgan fingerprint density at radius 1 is 1.12 bits per heavy atom. The van der Waals surface area contributed by atoms with Crippen molar-refractivity contribution in [3.05, 3.63) is 46.2 Å². The summed E-state index contributed by atoms with van der Waals surface area (Å²) in [5.74, 6) is -0.961. The molecule has 0 aliphatic carbocycles. The topological polar surface area (TPSA) is 127 Å². The van der Waals surface area contributed by atoms with E-state index in [1.807, 2.05) is 0 Å². The van der Waals surface area contributed by atoms with Crippen molar-refractivity contribution in [2.45, 2.75) is 18.7 Å². The van der Waals surface area contributed by atoms with Crippen LogP contribution in [0.15, 0.2) is 29.2 Å². The molecule has 2 rings (SSSR count). The molecule has 0 bridgehead atoms. The predicted octanol–water partition coefficient (Wildman–Crippen LogP) is 2.04. The molecule has 2 aromatic rings. The quantitative estimate of drug-likeness (QED) is 0.754. The molecule has 1 heterocycles. The summed E-state index contributed by atoms with van der Waals surface area (Å²) < 4.78 is 31.2. The number of amides is 2. The molecule has 0 fully saturated rings. The lowest BCUT2D eigenvalue weighted by molar-refractivity contribution is 0.0596. The van der Waals surface area contributed by atoms with E-state index in [9.17, 15) is 18.0 Å². The van der Waals surface area contributed by atoms with Gasteiger partial charge in [0.1, 0.15) is 4.90 Å². The van der Waals surface area contributed by atoms with Crippen molar-refractivity contribution in [3.8, 4) is 0 Å². The predicted molar refractivity (Wildman–Crippen MR) is 93.6 cm³/mol. The van der Waals surface area contributed by atoms with Gasteiger partial charge in [0.2, 0.25) is 5.95 Å². The van der Waals surface area contributed by atoms with Gasteiger partial charge in [-0.15, -0.1) is 0 Å². The largest absolute Gasteiger partial charge is 0.465 e. The van der Waals surface area contributed by atoms with Gasteiger partial charge in [0, 0.05) is 0 Å². The molecule has 0 radical (unpaired) electrons. The van der Waals surface area contributed by atoms with Crippen LogP contribution >= 0.6 is 11.6 Å². The molecule has 11 heteroatoms. The first kappa shape index (κ1) is 19.6. The molecule has 26 heavy (non-hydrogen) atoms. The number of carbonyl (C=O) groups is 2. The molecule has 0 aliphatic rings. The van der Waals surface area contributed by atoms with Crippen LogP contribution in [-0.2, 0) is 14.8 Å². The number of nitrogens with zero attached hydrogens (tertiary/aromatic N) is 2. The van der Waals surface area contributed by atoms with Crippen LogP contribution in [0.3, 0.4) is 0 Å². The summed E-state index contributed by atoms with van der Waals surface area (Å²) in [6.07, 6.45) is 0. The second kappa shape index (κ2) is 7.67. The van der Waals surface area contributed by atoms with Crippen LogP contribution < -0.4 is 10.0 Å². The number of hydrogen-bond donors (Lipinski definition) is 2. The lowest BCUT2D eigenvalue weighted by Crippen LogP contribution is -2.35. The van der Waals surface area contributed by atoms with Crippen molar-refractivity contribution >= 4 is 39.6 Å². The standard InChI is InChI=1S/C15H15ClN4O5S/c1-8-12(16)9(2)18-14(17-8)19-15(22)20-26(23,24)11-7-5-4-6-10(11)13(21)25-3/h4-7H,1-3H3,(H2,17,18,19,20,22). The Labute approximate surface area is 154 Å². The molecule has 0 saturated carbocycles. The maximum atomic E-state index is 12.4. The first-order valence-corrected chi connectivity index (χ1v) is 9.03. The summed E-state index contributed by atoms with van der Waals surface area (Å²) in [7, 11) is -3.22. The third-order valence-corrected chi connectivity index (χ3v) is 5.15. The molecule has 1 aromatic carbocycles. The van der Waals surface area contributed by atoms with Crippen LogP contribution in [0.5, 0.6) is 0 Å². The van der Waals surface area contributed by atoms with Gasteiger partial charge in [0.15, 0.2) is 0 Å². The van der Waals surface area contributed by atoms with E-state index in [4.69, 9.17) is 11.6 Å². The SMILES string of the molecule is COC(=O)c1ccccc1S(=O)(=O)NC(=O)Nc1nc(C)c(Cl)c(C)n1. The minimum atomic E-state index is -4.34. The van der Waals surface area contributed by atoms with E-state index in [1.165, 1.54) is 24.3 Å².